The second kappa shape index (κ2) is 5.53. The van der Waals surface area contributed by atoms with Crippen LogP contribution in [0.4, 0.5) is 11.4 Å². The highest BCUT2D eigenvalue weighted by Gasteiger charge is 2.35. The molecule has 112 valence electrons. The summed E-state index contributed by atoms with van der Waals surface area (Å²) in [7, 11) is 4.38. The van der Waals surface area contributed by atoms with Gasteiger partial charge in [-0.05, 0) is 45.1 Å². The predicted octanol–water partition coefficient (Wildman–Crippen LogP) is 3.10. The Balaban J connectivity index is 1.87. The van der Waals surface area contributed by atoms with Crippen LogP contribution in [0.25, 0.3) is 10.8 Å². The van der Waals surface area contributed by atoms with E-state index in [0.29, 0.717) is 0 Å². The Morgan fingerprint density at radius 1 is 1.19 bits per heavy atom. The molecule has 1 heterocycles. The van der Waals surface area contributed by atoms with Gasteiger partial charge in [0.2, 0.25) is 0 Å². The van der Waals surface area contributed by atoms with Crippen LogP contribution in [0.15, 0.2) is 30.6 Å². The fraction of sp³-hybridized carbons (Fsp3) is 0.471. The van der Waals surface area contributed by atoms with Crippen molar-refractivity contribution in [2.75, 3.05) is 31.7 Å². The van der Waals surface area contributed by atoms with Gasteiger partial charge >= 0.3 is 0 Å². The Morgan fingerprint density at radius 3 is 2.67 bits per heavy atom. The lowest BCUT2D eigenvalue weighted by atomic mass is 9.95. The lowest BCUT2D eigenvalue weighted by molar-refractivity contribution is 0.172. The number of pyridine rings is 1. The average Bonchev–Trinajstić information content (AvgIpc) is 2.97. The number of nitrogens with one attached hydrogen (secondary N) is 1. The molecule has 1 aromatic carbocycles. The third-order valence-corrected chi connectivity index (χ3v) is 4.94. The fourth-order valence-corrected chi connectivity index (χ4v) is 3.44. The molecule has 0 amide bonds. The van der Waals surface area contributed by atoms with Crippen molar-refractivity contribution in [2.45, 2.75) is 31.2 Å². The van der Waals surface area contributed by atoms with Gasteiger partial charge in [-0.15, -0.1) is 0 Å². The molecular formula is C17H24N4. The maximum Gasteiger partial charge on any atom is 0.0437 e. The van der Waals surface area contributed by atoms with Crippen LogP contribution in [0.5, 0.6) is 0 Å². The van der Waals surface area contributed by atoms with Gasteiger partial charge in [0.25, 0.3) is 0 Å². The molecule has 0 unspecified atom stereocenters. The molecule has 0 aliphatic heterocycles. The lowest BCUT2D eigenvalue weighted by Crippen LogP contribution is -2.47. The van der Waals surface area contributed by atoms with Gasteiger partial charge in [-0.25, -0.2) is 0 Å². The number of nitrogens with zero attached hydrogens (tertiary/aromatic N) is 2. The summed E-state index contributed by atoms with van der Waals surface area (Å²) in [5, 5.41) is 5.81. The summed E-state index contributed by atoms with van der Waals surface area (Å²) >= 11 is 0. The molecule has 4 heteroatoms. The summed E-state index contributed by atoms with van der Waals surface area (Å²) in [6, 6.07) is 6.02. The smallest absolute Gasteiger partial charge is 0.0437 e. The van der Waals surface area contributed by atoms with Crippen molar-refractivity contribution in [3.8, 4) is 0 Å². The van der Waals surface area contributed by atoms with Crippen LogP contribution >= 0.6 is 0 Å². The molecule has 1 aliphatic rings. The molecule has 2 aromatic rings. The zero-order valence-corrected chi connectivity index (χ0v) is 12.9. The number of anilines is 2. The van der Waals surface area contributed by atoms with E-state index in [1.54, 1.807) is 6.20 Å². The minimum atomic E-state index is 0.274. The van der Waals surface area contributed by atoms with Gasteiger partial charge in [0, 0.05) is 46.6 Å². The van der Waals surface area contributed by atoms with E-state index in [2.05, 4.69) is 35.4 Å². The second-order valence-corrected chi connectivity index (χ2v) is 6.30. The molecule has 0 saturated heterocycles. The van der Waals surface area contributed by atoms with Crippen LogP contribution in [0.3, 0.4) is 0 Å². The maximum atomic E-state index is 6.05. The molecule has 1 fully saturated rings. The van der Waals surface area contributed by atoms with Crippen molar-refractivity contribution in [1.29, 1.82) is 0 Å². The maximum absolute atomic E-state index is 6.05. The van der Waals surface area contributed by atoms with Crippen molar-refractivity contribution >= 4 is 22.1 Å². The standard InChI is InChI=1S/C17H24N4/c1-21(2)17(8-3-4-9-17)12-20-16-6-5-15(18)13-7-10-19-11-14(13)16/h5-7,10-11,20H,3-4,8-9,12,18H2,1-2H3. The van der Waals surface area contributed by atoms with E-state index in [0.717, 1.165) is 28.7 Å². The first-order chi connectivity index (χ1) is 10.1. The average molecular weight is 284 g/mol. The quantitative estimate of drug-likeness (QED) is 0.847. The third-order valence-electron chi connectivity index (χ3n) is 4.94. The fourth-order valence-electron chi connectivity index (χ4n) is 3.44. The summed E-state index contributed by atoms with van der Waals surface area (Å²) in [6.45, 7) is 0.966. The van der Waals surface area contributed by atoms with E-state index >= 15 is 0 Å². The van der Waals surface area contributed by atoms with Gasteiger partial charge in [0.15, 0.2) is 0 Å². The number of benzene rings is 1. The van der Waals surface area contributed by atoms with Crippen molar-refractivity contribution in [2.24, 2.45) is 0 Å². The number of hydrogen-bond donors (Lipinski definition) is 2. The highest BCUT2D eigenvalue weighted by molar-refractivity contribution is 6.00. The Labute approximate surface area is 126 Å². The number of fused-ring (bicyclic) bond motifs is 1. The zero-order chi connectivity index (χ0) is 14.9. The van der Waals surface area contributed by atoms with Crippen molar-refractivity contribution in [3.05, 3.63) is 30.6 Å². The van der Waals surface area contributed by atoms with E-state index < -0.39 is 0 Å². The van der Waals surface area contributed by atoms with E-state index in [-0.39, 0.29) is 5.54 Å². The first-order valence-corrected chi connectivity index (χ1v) is 7.66. The SMILES string of the molecule is CN(C)C1(CNc2ccc(N)c3ccncc23)CCCC1. The number of nitrogens with two attached hydrogens (primary N) is 1. The first kappa shape index (κ1) is 14.1. The van der Waals surface area contributed by atoms with Gasteiger partial charge in [-0.1, -0.05) is 12.8 Å². The Kier molecular flexibility index (Phi) is 3.72. The molecule has 4 nitrogen and oxygen atoms in total. The van der Waals surface area contributed by atoms with Gasteiger partial charge in [0.1, 0.15) is 0 Å². The van der Waals surface area contributed by atoms with Crippen LogP contribution in [-0.2, 0) is 0 Å². The molecule has 3 rings (SSSR count). The molecule has 0 spiro atoms. The molecular weight excluding hydrogens is 260 g/mol. The second-order valence-electron chi connectivity index (χ2n) is 6.30. The third kappa shape index (κ3) is 2.56. The summed E-state index contributed by atoms with van der Waals surface area (Å²) in [5.41, 5.74) is 8.26. The van der Waals surface area contributed by atoms with Gasteiger partial charge < -0.3 is 16.0 Å². The lowest BCUT2D eigenvalue weighted by Gasteiger charge is -2.37. The van der Waals surface area contributed by atoms with E-state index in [1.165, 1.54) is 25.7 Å². The van der Waals surface area contributed by atoms with Crippen molar-refractivity contribution < 1.29 is 0 Å². The monoisotopic (exact) mass is 284 g/mol. The summed E-state index contributed by atoms with van der Waals surface area (Å²) in [5.74, 6) is 0. The first-order valence-electron chi connectivity index (χ1n) is 7.66. The number of likely N-dealkylation sites (N-methyl/N-ethyl adjacent to an activating group) is 1. The molecule has 0 atom stereocenters. The summed E-state index contributed by atoms with van der Waals surface area (Å²) in [6.07, 6.45) is 8.86. The molecule has 1 aliphatic carbocycles. The molecule has 3 N–H and O–H groups in total. The van der Waals surface area contributed by atoms with Crippen LogP contribution in [0, 0.1) is 0 Å². The van der Waals surface area contributed by atoms with Crippen LogP contribution in [0.2, 0.25) is 0 Å². The number of nitrogen functional groups attached to an aromatic ring is 1. The Bertz CT molecular complexity index is 630. The van der Waals surface area contributed by atoms with Crippen molar-refractivity contribution in [3.63, 3.8) is 0 Å². The molecule has 21 heavy (non-hydrogen) atoms. The summed E-state index contributed by atoms with van der Waals surface area (Å²) < 4.78 is 0. The van der Waals surface area contributed by atoms with Gasteiger partial charge in [-0.2, -0.15) is 0 Å². The number of hydrogen-bond acceptors (Lipinski definition) is 4. The highest BCUT2D eigenvalue weighted by Crippen LogP contribution is 2.35. The Morgan fingerprint density at radius 2 is 1.95 bits per heavy atom. The van der Waals surface area contributed by atoms with E-state index in [4.69, 9.17) is 5.73 Å². The number of aromatic nitrogens is 1. The minimum absolute atomic E-state index is 0.274. The van der Waals surface area contributed by atoms with E-state index in [9.17, 15) is 0 Å². The summed E-state index contributed by atoms with van der Waals surface area (Å²) in [4.78, 5) is 6.62. The normalized spacial score (nSPS) is 17.5. The molecule has 0 bridgehead atoms. The van der Waals surface area contributed by atoms with Gasteiger partial charge in [0.05, 0.1) is 0 Å². The largest absolute Gasteiger partial charge is 0.398 e. The molecule has 1 aromatic heterocycles. The van der Waals surface area contributed by atoms with Crippen LogP contribution in [-0.4, -0.2) is 36.1 Å². The van der Waals surface area contributed by atoms with Crippen LogP contribution < -0.4 is 11.1 Å². The zero-order valence-electron chi connectivity index (χ0n) is 12.9. The minimum Gasteiger partial charge on any atom is -0.398 e. The molecule has 1 saturated carbocycles. The van der Waals surface area contributed by atoms with Gasteiger partial charge in [-0.3, -0.25) is 4.98 Å². The Hall–Kier alpha value is -1.81. The van der Waals surface area contributed by atoms with Crippen molar-refractivity contribution in [1.82, 2.24) is 9.88 Å². The highest BCUT2D eigenvalue weighted by atomic mass is 15.2. The number of rotatable bonds is 4. The molecule has 0 radical (unpaired) electrons. The van der Waals surface area contributed by atoms with E-state index in [1.807, 2.05) is 18.3 Å². The topological polar surface area (TPSA) is 54.2 Å². The van der Waals surface area contributed by atoms with Crippen LogP contribution in [0.1, 0.15) is 25.7 Å². The predicted molar refractivity (Wildman–Crippen MR) is 89.5 cm³/mol.